The number of rotatable bonds is 10. The van der Waals surface area contributed by atoms with Crippen LogP contribution in [0.3, 0.4) is 0 Å². The lowest BCUT2D eigenvalue weighted by Gasteiger charge is -2.18. The van der Waals surface area contributed by atoms with Crippen LogP contribution < -0.4 is 10.9 Å². The number of anilines is 1. The highest BCUT2D eigenvalue weighted by atomic mass is 19.1. The molecule has 38 heavy (non-hydrogen) atoms. The van der Waals surface area contributed by atoms with Crippen LogP contribution in [0.1, 0.15) is 38.3 Å². The smallest absolute Gasteiger partial charge is 0.326 e. The first-order valence-electron chi connectivity index (χ1n) is 12.5. The van der Waals surface area contributed by atoms with Crippen molar-refractivity contribution in [2.75, 3.05) is 11.9 Å². The van der Waals surface area contributed by atoms with Crippen molar-refractivity contribution in [1.29, 1.82) is 0 Å². The van der Waals surface area contributed by atoms with E-state index in [0.717, 1.165) is 17.5 Å². The molecule has 0 aliphatic carbocycles. The minimum Gasteiger partial charge on any atom is -0.464 e. The molecule has 0 aliphatic heterocycles. The van der Waals surface area contributed by atoms with Crippen molar-refractivity contribution in [2.24, 2.45) is 0 Å². The maximum atomic E-state index is 14.6. The van der Waals surface area contributed by atoms with E-state index < -0.39 is 17.3 Å². The average Bonchev–Trinajstić information content (AvgIpc) is 2.92. The van der Waals surface area contributed by atoms with E-state index in [0.29, 0.717) is 12.0 Å². The Balaban J connectivity index is 1.61. The molecule has 0 bridgehead atoms. The number of nitrogens with one attached hydrogen (secondary N) is 1. The summed E-state index contributed by atoms with van der Waals surface area (Å²) < 4.78 is 35.2. The van der Waals surface area contributed by atoms with Crippen molar-refractivity contribution in [1.82, 2.24) is 9.55 Å². The second-order valence-electron chi connectivity index (χ2n) is 8.91. The zero-order chi connectivity index (χ0) is 27.1. The Hall–Kier alpha value is -4.33. The average molecular weight is 518 g/mol. The van der Waals surface area contributed by atoms with Crippen molar-refractivity contribution in [3.05, 3.63) is 107 Å². The van der Waals surface area contributed by atoms with Gasteiger partial charge < -0.3 is 10.1 Å². The monoisotopic (exact) mass is 517 g/mol. The summed E-state index contributed by atoms with van der Waals surface area (Å²) in [7, 11) is 0. The molecule has 1 N–H and O–H groups in total. The van der Waals surface area contributed by atoms with Gasteiger partial charge in [-0.15, -0.1) is 0 Å². The van der Waals surface area contributed by atoms with Crippen LogP contribution in [0.25, 0.3) is 22.4 Å². The van der Waals surface area contributed by atoms with E-state index in [9.17, 15) is 18.4 Å². The van der Waals surface area contributed by atoms with E-state index in [1.54, 1.807) is 30.3 Å². The minimum atomic E-state index is -0.591. The lowest BCUT2D eigenvalue weighted by molar-refractivity contribution is -0.144. The molecule has 0 saturated heterocycles. The van der Waals surface area contributed by atoms with Crippen LogP contribution in [0.2, 0.25) is 0 Å². The number of aromatic nitrogens is 2. The Kier molecular flexibility index (Phi) is 8.63. The first-order valence-corrected chi connectivity index (χ1v) is 12.5. The van der Waals surface area contributed by atoms with Crippen LogP contribution in [0.5, 0.6) is 0 Å². The molecule has 0 amide bonds. The van der Waals surface area contributed by atoms with Crippen LogP contribution in [-0.2, 0) is 16.1 Å². The summed E-state index contributed by atoms with van der Waals surface area (Å²) in [6.07, 6.45) is 2.93. The number of carbonyl (C=O) groups excluding carboxylic acids is 1. The topological polar surface area (TPSA) is 73.2 Å². The largest absolute Gasteiger partial charge is 0.464 e. The molecule has 0 fully saturated rings. The molecule has 4 aromatic rings. The predicted octanol–water partition coefficient (Wildman–Crippen LogP) is 6.37. The van der Waals surface area contributed by atoms with Gasteiger partial charge in [-0.2, -0.15) is 0 Å². The number of hydrogen-bond acceptors (Lipinski definition) is 5. The first kappa shape index (κ1) is 26.7. The van der Waals surface area contributed by atoms with E-state index in [2.05, 4.69) is 10.3 Å². The molecule has 1 atom stereocenters. The molecule has 1 aromatic heterocycles. The predicted molar refractivity (Wildman–Crippen MR) is 144 cm³/mol. The molecular formula is C30H29F2N3O3. The fraction of sp³-hybridized carbons (Fsp3) is 0.233. The third-order valence-corrected chi connectivity index (χ3v) is 6.20. The number of benzene rings is 3. The fourth-order valence-electron chi connectivity index (χ4n) is 4.07. The molecule has 0 aliphatic rings. The summed E-state index contributed by atoms with van der Waals surface area (Å²) in [6, 6.07) is 19.5. The summed E-state index contributed by atoms with van der Waals surface area (Å²) >= 11 is 0. The first-order chi connectivity index (χ1) is 18.4. The molecular weight excluding hydrogens is 488 g/mol. The number of nitrogens with zero attached hydrogens (tertiary/aromatic N) is 2. The minimum absolute atomic E-state index is 0.0112. The molecule has 0 saturated carbocycles. The quantitative estimate of drug-likeness (QED) is 0.195. The Bertz CT molecular complexity index is 1470. The van der Waals surface area contributed by atoms with Crippen molar-refractivity contribution in [3.63, 3.8) is 0 Å². The van der Waals surface area contributed by atoms with Crippen LogP contribution in [0, 0.1) is 11.6 Å². The number of halogens is 2. The van der Waals surface area contributed by atoms with Crippen LogP contribution in [0.15, 0.2) is 83.8 Å². The number of ether oxygens (including phenoxy) is 1. The lowest BCUT2D eigenvalue weighted by Crippen LogP contribution is -2.30. The van der Waals surface area contributed by atoms with E-state index in [1.165, 1.54) is 29.0 Å². The van der Waals surface area contributed by atoms with Gasteiger partial charge in [-0.25, -0.2) is 13.8 Å². The molecule has 1 heterocycles. The Morgan fingerprint density at radius 2 is 1.61 bits per heavy atom. The van der Waals surface area contributed by atoms with Crippen molar-refractivity contribution in [2.45, 2.75) is 39.3 Å². The van der Waals surface area contributed by atoms with Crippen molar-refractivity contribution in [3.8, 4) is 22.4 Å². The maximum absolute atomic E-state index is 14.6. The SMILES string of the molecule is CCCCOC(=O)Cn1c(-c2ccccc2F)cnc(N[C@H](C)c2ccc(-c3ccccc3F)cc2)c1=O. The Morgan fingerprint density at radius 1 is 0.974 bits per heavy atom. The molecule has 196 valence electrons. The molecule has 4 rings (SSSR count). The maximum Gasteiger partial charge on any atom is 0.326 e. The normalized spacial score (nSPS) is 11.7. The highest BCUT2D eigenvalue weighted by Crippen LogP contribution is 2.26. The molecule has 0 unspecified atom stereocenters. The number of esters is 1. The number of unbranched alkanes of at least 4 members (excludes halogenated alkanes) is 1. The highest BCUT2D eigenvalue weighted by molar-refractivity contribution is 5.71. The van der Waals surface area contributed by atoms with E-state index in [-0.39, 0.29) is 42.1 Å². The van der Waals surface area contributed by atoms with E-state index in [1.807, 2.05) is 38.1 Å². The van der Waals surface area contributed by atoms with Crippen LogP contribution in [0.4, 0.5) is 14.6 Å². The van der Waals surface area contributed by atoms with Gasteiger partial charge in [0.05, 0.1) is 24.5 Å². The Labute approximate surface area is 219 Å². The third-order valence-electron chi connectivity index (χ3n) is 6.20. The van der Waals surface area contributed by atoms with Crippen LogP contribution in [-0.4, -0.2) is 22.1 Å². The fourth-order valence-corrected chi connectivity index (χ4v) is 4.07. The van der Waals surface area contributed by atoms with E-state index in [4.69, 9.17) is 4.74 Å². The van der Waals surface area contributed by atoms with Gasteiger partial charge in [-0.05, 0) is 42.7 Å². The summed E-state index contributed by atoms with van der Waals surface area (Å²) in [5.41, 5.74) is 1.83. The van der Waals surface area contributed by atoms with Gasteiger partial charge >= 0.3 is 5.97 Å². The Morgan fingerprint density at radius 3 is 2.24 bits per heavy atom. The van der Waals surface area contributed by atoms with Gasteiger partial charge in [0.15, 0.2) is 5.82 Å². The molecule has 3 aromatic carbocycles. The molecule has 0 spiro atoms. The zero-order valence-corrected chi connectivity index (χ0v) is 21.3. The molecule has 6 nitrogen and oxygen atoms in total. The summed E-state index contributed by atoms with van der Waals surface area (Å²) in [5.74, 6) is -1.42. The van der Waals surface area contributed by atoms with Gasteiger partial charge in [0.25, 0.3) is 5.56 Å². The van der Waals surface area contributed by atoms with Crippen molar-refractivity contribution < 1.29 is 18.3 Å². The van der Waals surface area contributed by atoms with Gasteiger partial charge in [0.2, 0.25) is 0 Å². The summed E-state index contributed by atoms with van der Waals surface area (Å²) in [4.78, 5) is 30.2. The van der Waals surface area contributed by atoms with Crippen molar-refractivity contribution >= 4 is 11.8 Å². The molecule has 0 radical (unpaired) electrons. The summed E-state index contributed by atoms with van der Waals surface area (Å²) in [5, 5.41) is 3.09. The number of hydrogen-bond donors (Lipinski definition) is 1. The number of carbonyl (C=O) groups is 1. The third kappa shape index (κ3) is 6.14. The van der Waals surface area contributed by atoms with Crippen LogP contribution >= 0.6 is 0 Å². The lowest BCUT2D eigenvalue weighted by atomic mass is 10.0. The second kappa shape index (κ2) is 12.3. The summed E-state index contributed by atoms with van der Waals surface area (Å²) in [6.45, 7) is 3.70. The van der Waals surface area contributed by atoms with Gasteiger partial charge in [0.1, 0.15) is 18.2 Å². The second-order valence-corrected chi connectivity index (χ2v) is 8.91. The molecule has 8 heteroatoms. The van der Waals surface area contributed by atoms with Gasteiger partial charge in [-0.3, -0.25) is 14.2 Å². The zero-order valence-electron chi connectivity index (χ0n) is 21.3. The van der Waals surface area contributed by atoms with E-state index >= 15 is 0 Å². The van der Waals surface area contributed by atoms with Gasteiger partial charge in [0, 0.05) is 11.1 Å². The standard InChI is InChI=1S/C30H29F2N3O3/c1-3-4-17-38-28(36)19-35-27(24-10-6-8-12-26(24)32)18-33-29(30(35)37)34-20(2)21-13-15-22(16-14-21)23-9-5-7-11-25(23)31/h5-16,18,20H,3-4,17,19H2,1-2H3,(H,33,34)/t20-/m1/s1. The van der Waals surface area contributed by atoms with Gasteiger partial charge in [-0.1, -0.05) is 67.9 Å². The highest BCUT2D eigenvalue weighted by Gasteiger charge is 2.19.